The van der Waals surface area contributed by atoms with Crippen molar-refractivity contribution in [1.82, 2.24) is 5.32 Å². The second-order valence-corrected chi connectivity index (χ2v) is 4.89. The van der Waals surface area contributed by atoms with E-state index in [4.69, 9.17) is 5.73 Å². The number of hydrogen-bond acceptors (Lipinski definition) is 2. The van der Waals surface area contributed by atoms with E-state index in [9.17, 15) is 9.18 Å². The first-order valence-electron chi connectivity index (χ1n) is 5.46. The molecule has 0 heterocycles. The minimum absolute atomic E-state index is 0.0931. The Hall–Kier alpha value is -0.940. The highest BCUT2D eigenvalue weighted by Gasteiger charge is 2.22. The summed E-state index contributed by atoms with van der Waals surface area (Å²) in [5, 5.41) is 3.01. The van der Waals surface area contributed by atoms with Gasteiger partial charge in [-0.2, -0.15) is 0 Å². The van der Waals surface area contributed by atoms with Crippen LogP contribution in [0.2, 0.25) is 0 Å². The highest BCUT2D eigenvalue weighted by Crippen LogP contribution is 2.21. The number of nitrogens with two attached hydrogens (primary N) is 1. The van der Waals surface area contributed by atoms with Gasteiger partial charge in [0, 0.05) is 16.1 Å². The Morgan fingerprint density at radius 1 is 1.59 bits per heavy atom. The Morgan fingerprint density at radius 2 is 2.24 bits per heavy atom. The molecular formula is C12H16BrFN2O. The number of amides is 1. The maximum absolute atomic E-state index is 13.7. The van der Waals surface area contributed by atoms with Crippen LogP contribution in [0.5, 0.6) is 0 Å². The number of primary amides is 1. The number of carbonyl (C=O) groups excluding carboxylic acids is 1. The zero-order valence-electron chi connectivity index (χ0n) is 9.84. The average Bonchev–Trinajstić information content (AvgIpc) is 2.26. The molecule has 5 heteroatoms. The topological polar surface area (TPSA) is 55.1 Å². The summed E-state index contributed by atoms with van der Waals surface area (Å²) >= 11 is 3.17. The Bertz CT molecular complexity index is 411. The lowest BCUT2D eigenvalue weighted by molar-refractivity contribution is -0.120. The lowest BCUT2D eigenvalue weighted by Gasteiger charge is -2.20. The van der Waals surface area contributed by atoms with Gasteiger partial charge in [0.25, 0.3) is 0 Å². The fourth-order valence-corrected chi connectivity index (χ4v) is 1.80. The molecule has 1 aromatic carbocycles. The number of rotatable bonds is 5. The van der Waals surface area contributed by atoms with E-state index >= 15 is 0 Å². The molecule has 1 amide bonds. The Balaban J connectivity index is 3.01. The van der Waals surface area contributed by atoms with Gasteiger partial charge >= 0.3 is 0 Å². The van der Waals surface area contributed by atoms with Gasteiger partial charge in [0.05, 0.1) is 0 Å². The standard InChI is InChI=1S/C12H16BrFN2O/c1-3-7(2)16-11(12(15)17)9-5-4-8(13)6-10(9)14/h4-7,11,16H,3H2,1-2H3,(H2,15,17). The van der Waals surface area contributed by atoms with Crippen molar-refractivity contribution in [3.8, 4) is 0 Å². The molecule has 0 aromatic heterocycles. The van der Waals surface area contributed by atoms with Crippen LogP contribution in [-0.4, -0.2) is 11.9 Å². The van der Waals surface area contributed by atoms with E-state index in [1.807, 2.05) is 13.8 Å². The average molecular weight is 303 g/mol. The molecule has 0 saturated heterocycles. The number of carbonyl (C=O) groups is 1. The van der Waals surface area contributed by atoms with E-state index < -0.39 is 17.8 Å². The summed E-state index contributed by atoms with van der Waals surface area (Å²) in [5.41, 5.74) is 5.58. The first kappa shape index (κ1) is 14.1. The van der Waals surface area contributed by atoms with Crippen molar-refractivity contribution >= 4 is 21.8 Å². The van der Waals surface area contributed by atoms with E-state index in [0.717, 1.165) is 6.42 Å². The van der Waals surface area contributed by atoms with Gasteiger partial charge in [-0.3, -0.25) is 10.1 Å². The molecule has 3 nitrogen and oxygen atoms in total. The molecule has 0 aliphatic heterocycles. The molecule has 1 aromatic rings. The maximum Gasteiger partial charge on any atom is 0.239 e. The number of halogens is 2. The summed E-state index contributed by atoms with van der Waals surface area (Å²) in [7, 11) is 0. The van der Waals surface area contributed by atoms with Crippen LogP contribution in [0.4, 0.5) is 4.39 Å². The van der Waals surface area contributed by atoms with Gasteiger partial charge in [-0.15, -0.1) is 0 Å². The number of benzene rings is 1. The van der Waals surface area contributed by atoms with Crippen LogP contribution in [0.25, 0.3) is 0 Å². The Kier molecular flexibility index (Phi) is 5.08. The first-order valence-corrected chi connectivity index (χ1v) is 6.25. The number of hydrogen-bond donors (Lipinski definition) is 2. The fourth-order valence-electron chi connectivity index (χ4n) is 1.46. The van der Waals surface area contributed by atoms with Gasteiger partial charge in [-0.1, -0.05) is 28.9 Å². The summed E-state index contributed by atoms with van der Waals surface area (Å²) in [6, 6.07) is 3.87. The lowest BCUT2D eigenvalue weighted by atomic mass is 10.0. The van der Waals surface area contributed by atoms with Gasteiger partial charge in [0.2, 0.25) is 5.91 Å². The minimum atomic E-state index is -0.793. The van der Waals surface area contributed by atoms with Crippen LogP contribution >= 0.6 is 15.9 Å². The van der Waals surface area contributed by atoms with Crippen LogP contribution in [0, 0.1) is 5.82 Å². The van der Waals surface area contributed by atoms with Crippen molar-refractivity contribution in [2.24, 2.45) is 5.73 Å². The van der Waals surface area contributed by atoms with E-state index in [0.29, 0.717) is 4.47 Å². The Morgan fingerprint density at radius 3 is 2.71 bits per heavy atom. The van der Waals surface area contributed by atoms with Gasteiger partial charge in [-0.25, -0.2) is 4.39 Å². The molecule has 0 bridgehead atoms. The molecule has 94 valence electrons. The fraction of sp³-hybridized carbons (Fsp3) is 0.417. The molecule has 0 radical (unpaired) electrons. The lowest BCUT2D eigenvalue weighted by Crippen LogP contribution is -2.38. The van der Waals surface area contributed by atoms with Crippen molar-refractivity contribution < 1.29 is 9.18 Å². The molecule has 0 fully saturated rings. The van der Waals surface area contributed by atoms with Gasteiger partial charge < -0.3 is 5.73 Å². The van der Waals surface area contributed by atoms with Crippen LogP contribution in [0.1, 0.15) is 31.9 Å². The molecule has 3 N–H and O–H groups in total. The van der Waals surface area contributed by atoms with Crippen molar-refractivity contribution in [1.29, 1.82) is 0 Å². The van der Waals surface area contributed by atoms with Gasteiger partial charge in [0.15, 0.2) is 0 Å². The number of nitrogens with one attached hydrogen (secondary N) is 1. The molecule has 0 saturated carbocycles. The van der Waals surface area contributed by atoms with Crippen molar-refractivity contribution in [3.05, 3.63) is 34.1 Å². The zero-order valence-corrected chi connectivity index (χ0v) is 11.4. The third-order valence-corrected chi connectivity index (χ3v) is 3.11. The molecule has 2 unspecified atom stereocenters. The molecule has 0 aliphatic carbocycles. The second kappa shape index (κ2) is 6.12. The predicted molar refractivity (Wildman–Crippen MR) is 68.9 cm³/mol. The zero-order chi connectivity index (χ0) is 13.0. The van der Waals surface area contributed by atoms with Crippen molar-refractivity contribution in [2.75, 3.05) is 0 Å². The monoisotopic (exact) mass is 302 g/mol. The third kappa shape index (κ3) is 3.78. The Labute approximate surface area is 109 Å². The smallest absolute Gasteiger partial charge is 0.239 e. The minimum Gasteiger partial charge on any atom is -0.368 e. The van der Waals surface area contributed by atoms with E-state index in [1.165, 1.54) is 6.07 Å². The molecule has 2 atom stereocenters. The van der Waals surface area contributed by atoms with Gasteiger partial charge in [-0.05, 0) is 25.5 Å². The second-order valence-electron chi connectivity index (χ2n) is 3.98. The predicted octanol–water partition coefficient (Wildman–Crippen LogP) is 2.50. The van der Waals surface area contributed by atoms with E-state index in [2.05, 4.69) is 21.2 Å². The normalized spacial score (nSPS) is 14.4. The largest absolute Gasteiger partial charge is 0.368 e. The summed E-state index contributed by atoms with van der Waals surface area (Å²) in [6.07, 6.45) is 0.835. The molecule has 1 rings (SSSR count). The summed E-state index contributed by atoms with van der Waals surface area (Å²) < 4.78 is 14.4. The van der Waals surface area contributed by atoms with Crippen LogP contribution in [0.15, 0.2) is 22.7 Å². The highest BCUT2D eigenvalue weighted by atomic mass is 79.9. The molecule has 0 spiro atoms. The summed E-state index contributed by atoms with van der Waals surface area (Å²) in [4.78, 5) is 11.4. The summed E-state index contributed by atoms with van der Waals surface area (Å²) in [6.45, 7) is 3.90. The quantitative estimate of drug-likeness (QED) is 0.878. The highest BCUT2D eigenvalue weighted by molar-refractivity contribution is 9.10. The van der Waals surface area contributed by atoms with E-state index in [1.54, 1.807) is 12.1 Å². The van der Waals surface area contributed by atoms with Crippen LogP contribution < -0.4 is 11.1 Å². The molecule has 17 heavy (non-hydrogen) atoms. The van der Waals surface area contributed by atoms with E-state index in [-0.39, 0.29) is 11.6 Å². The summed E-state index contributed by atoms with van der Waals surface area (Å²) in [5.74, 6) is -1.02. The van der Waals surface area contributed by atoms with Crippen LogP contribution in [-0.2, 0) is 4.79 Å². The third-order valence-electron chi connectivity index (χ3n) is 2.62. The SMILES string of the molecule is CCC(C)NC(C(N)=O)c1ccc(Br)cc1F. The molecule has 0 aliphatic rings. The van der Waals surface area contributed by atoms with Crippen molar-refractivity contribution in [2.45, 2.75) is 32.4 Å². The first-order chi connectivity index (χ1) is 7.95. The van der Waals surface area contributed by atoms with Crippen LogP contribution in [0.3, 0.4) is 0 Å². The maximum atomic E-state index is 13.7. The van der Waals surface area contributed by atoms with Gasteiger partial charge in [0.1, 0.15) is 11.9 Å². The van der Waals surface area contributed by atoms with Crippen molar-refractivity contribution in [3.63, 3.8) is 0 Å². The molecular weight excluding hydrogens is 287 g/mol.